The Bertz CT molecular complexity index is 81.6. The maximum absolute atomic E-state index is 11.0. The molecule has 0 N–H and O–H groups in total. The normalized spacial score (nSPS) is 8.91. The van der Waals surface area contributed by atoms with Gasteiger partial charge in [-0.05, 0) is 12.8 Å². The Hall–Kier alpha value is 1.31. The minimum absolute atomic E-state index is 0. The largest absolute Gasteiger partial charge is 0.300 e. The van der Waals surface area contributed by atoms with Crippen molar-refractivity contribution in [2.75, 3.05) is 0 Å². The van der Waals surface area contributed by atoms with Crippen LogP contribution in [0.2, 0.25) is 0 Å². The summed E-state index contributed by atoms with van der Waals surface area (Å²) in [6.45, 7) is 4.24. The van der Waals surface area contributed by atoms with Gasteiger partial charge >= 0.3 is 0 Å². The molecule has 0 amide bonds. The molecule has 0 spiro atoms. The Kier molecular flexibility index (Phi) is 15.2. The van der Waals surface area contributed by atoms with Crippen LogP contribution in [0.1, 0.15) is 52.4 Å². The zero-order valence-corrected chi connectivity index (χ0v) is 11.3. The Morgan fingerprint density at radius 2 is 1.36 bits per heavy atom. The van der Waals surface area contributed by atoms with Crippen LogP contribution in [-0.4, -0.2) is 57.2 Å². The van der Waals surface area contributed by atoms with E-state index >= 15 is 0 Å². The summed E-state index contributed by atoms with van der Waals surface area (Å²) in [5, 5.41) is 0. The number of unbranched alkanes of at least 4 members (excludes halogenated alkanes) is 2. The van der Waals surface area contributed by atoms with E-state index in [4.69, 9.17) is 0 Å². The summed E-state index contributed by atoms with van der Waals surface area (Å²) in [4.78, 5) is 11.0. The molecule has 0 atom stereocenters. The molecule has 0 aromatic rings. The molecular weight excluding hydrogens is 163 g/mol. The first-order chi connectivity index (χ1) is 4.81. The molecular formula is C9H18KO. The van der Waals surface area contributed by atoms with E-state index in [0.29, 0.717) is 5.78 Å². The van der Waals surface area contributed by atoms with E-state index in [0.717, 1.165) is 38.5 Å². The second-order valence-electron chi connectivity index (χ2n) is 2.75. The molecule has 1 radical (unpaired) electrons. The van der Waals surface area contributed by atoms with Crippen molar-refractivity contribution in [3.05, 3.63) is 0 Å². The summed E-state index contributed by atoms with van der Waals surface area (Å²) < 4.78 is 0. The van der Waals surface area contributed by atoms with Crippen molar-refractivity contribution in [2.24, 2.45) is 0 Å². The van der Waals surface area contributed by atoms with Crippen LogP contribution in [0.5, 0.6) is 0 Å². The molecule has 0 aliphatic carbocycles. The van der Waals surface area contributed by atoms with E-state index < -0.39 is 0 Å². The molecule has 0 aliphatic rings. The van der Waals surface area contributed by atoms with Gasteiger partial charge in [-0.3, -0.25) is 4.79 Å². The number of carbonyl (C=O) groups is 1. The smallest absolute Gasteiger partial charge is 0.132 e. The zero-order valence-electron chi connectivity index (χ0n) is 8.15. The minimum atomic E-state index is 0. The van der Waals surface area contributed by atoms with Crippen LogP contribution in [0.25, 0.3) is 0 Å². The molecule has 2 heteroatoms. The van der Waals surface area contributed by atoms with Crippen LogP contribution in [-0.2, 0) is 4.79 Å². The van der Waals surface area contributed by atoms with Crippen molar-refractivity contribution < 1.29 is 4.79 Å². The summed E-state index contributed by atoms with van der Waals surface area (Å²) in [7, 11) is 0. The topological polar surface area (TPSA) is 17.1 Å². The molecule has 61 valence electrons. The van der Waals surface area contributed by atoms with E-state index in [1.165, 1.54) is 0 Å². The second-order valence-corrected chi connectivity index (χ2v) is 2.75. The van der Waals surface area contributed by atoms with Gasteiger partial charge in [0.2, 0.25) is 0 Å². The van der Waals surface area contributed by atoms with Gasteiger partial charge < -0.3 is 0 Å². The third-order valence-electron chi connectivity index (χ3n) is 1.62. The first kappa shape index (κ1) is 14.8. The molecule has 0 aliphatic heterocycles. The monoisotopic (exact) mass is 181 g/mol. The Morgan fingerprint density at radius 1 is 1.00 bits per heavy atom. The van der Waals surface area contributed by atoms with E-state index in [1.54, 1.807) is 0 Å². The molecule has 0 unspecified atom stereocenters. The van der Waals surface area contributed by atoms with Crippen LogP contribution < -0.4 is 0 Å². The average Bonchev–Trinajstić information content (AvgIpc) is 1.97. The van der Waals surface area contributed by atoms with Crippen molar-refractivity contribution in [1.29, 1.82) is 0 Å². The van der Waals surface area contributed by atoms with E-state index in [1.807, 2.05) is 0 Å². The molecule has 0 saturated heterocycles. The van der Waals surface area contributed by atoms with Gasteiger partial charge in [-0.25, -0.2) is 0 Å². The summed E-state index contributed by atoms with van der Waals surface area (Å²) in [6, 6.07) is 0. The fourth-order valence-corrected chi connectivity index (χ4v) is 0.873. The molecule has 0 heterocycles. The summed E-state index contributed by atoms with van der Waals surface area (Å²) in [5.74, 6) is 0.448. The van der Waals surface area contributed by atoms with Gasteiger partial charge in [0.1, 0.15) is 5.78 Å². The zero-order chi connectivity index (χ0) is 7.82. The quantitative estimate of drug-likeness (QED) is 0.576. The van der Waals surface area contributed by atoms with Gasteiger partial charge in [0.15, 0.2) is 0 Å². The molecule has 0 saturated carbocycles. The minimum Gasteiger partial charge on any atom is -0.300 e. The third-order valence-corrected chi connectivity index (χ3v) is 1.62. The standard InChI is InChI=1S/C9H18O.K/c1-3-5-7-9(10)8-6-4-2;/h3-8H2,1-2H3;. The van der Waals surface area contributed by atoms with Crippen molar-refractivity contribution in [3.63, 3.8) is 0 Å². The molecule has 0 bridgehead atoms. The van der Waals surface area contributed by atoms with Gasteiger partial charge in [-0.2, -0.15) is 0 Å². The number of rotatable bonds is 6. The first-order valence-electron chi connectivity index (χ1n) is 4.33. The fraction of sp³-hybridized carbons (Fsp3) is 0.889. The summed E-state index contributed by atoms with van der Waals surface area (Å²) in [5.41, 5.74) is 0. The van der Waals surface area contributed by atoms with Crippen LogP contribution in [0.4, 0.5) is 0 Å². The molecule has 11 heavy (non-hydrogen) atoms. The van der Waals surface area contributed by atoms with E-state index in [2.05, 4.69) is 13.8 Å². The van der Waals surface area contributed by atoms with E-state index in [-0.39, 0.29) is 51.4 Å². The molecule has 0 aromatic heterocycles. The molecule has 0 aromatic carbocycles. The molecule has 0 fully saturated rings. The SMILES string of the molecule is CCCCC(=O)CCCC.[K]. The third kappa shape index (κ3) is 11.3. The van der Waals surface area contributed by atoms with Crippen LogP contribution in [0, 0.1) is 0 Å². The van der Waals surface area contributed by atoms with Crippen molar-refractivity contribution in [2.45, 2.75) is 52.4 Å². The maximum Gasteiger partial charge on any atom is 0.132 e. The maximum atomic E-state index is 11.0. The number of ketones is 1. The molecule has 1 nitrogen and oxygen atoms in total. The summed E-state index contributed by atoms with van der Waals surface area (Å²) in [6.07, 6.45) is 6.02. The molecule has 0 rings (SSSR count). The van der Waals surface area contributed by atoms with Gasteiger partial charge in [-0.1, -0.05) is 26.7 Å². The average molecular weight is 181 g/mol. The van der Waals surface area contributed by atoms with Gasteiger partial charge in [0.05, 0.1) is 0 Å². The Labute approximate surface area is 113 Å². The number of carbonyl (C=O) groups excluding carboxylic acids is 1. The van der Waals surface area contributed by atoms with Crippen LogP contribution in [0.15, 0.2) is 0 Å². The first-order valence-corrected chi connectivity index (χ1v) is 4.33. The Balaban J connectivity index is 0. The van der Waals surface area contributed by atoms with Crippen LogP contribution >= 0.6 is 0 Å². The number of Topliss-reactive ketones (excluding diaryl/α,β-unsaturated/α-hetero) is 1. The Morgan fingerprint density at radius 3 is 1.64 bits per heavy atom. The number of hydrogen-bond donors (Lipinski definition) is 0. The summed E-state index contributed by atoms with van der Waals surface area (Å²) >= 11 is 0. The van der Waals surface area contributed by atoms with E-state index in [9.17, 15) is 4.79 Å². The fourth-order valence-electron chi connectivity index (χ4n) is 0.873. The predicted octanol–water partition coefficient (Wildman–Crippen LogP) is 2.56. The van der Waals surface area contributed by atoms with Crippen molar-refractivity contribution in [1.82, 2.24) is 0 Å². The number of hydrogen-bond acceptors (Lipinski definition) is 1. The van der Waals surface area contributed by atoms with Crippen LogP contribution in [0.3, 0.4) is 0 Å². The second kappa shape index (κ2) is 11.3. The van der Waals surface area contributed by atoms with Gasteiger partial charge in [0.25, 0.3) is 0 Å². The van der Waals surface area contributed by atoms with Crippen molar-refractivity contribution >= 4 is 57.2 Å². The predicted molar refractivity (Wildman–Crippen MR) is 49.8 cm³/mol. The van der Waals surface area contributed by atoms with Gasteiger partial charge in [-0.15, -0.1) is 0 Å². The van der Waals surface area contributed by atoms with Gasteiger partial charge in [0, 0.05) is 64.2 Å². The van der Waals surface area contributed by atoms with Crippen molar-refractivity contribution in [3.8, 4) is 0 Å².